The molecule has 2 amide bonds. The topological polar surface area (TPSA) is 105 Å². The van der Waals surface area contributed by atoms with Crippen LogP contribution in [0.5, 0.6) is 0 Å². The molecule has 0 bridgehead atoms. The summed E-state index contributed by atoms with van der Waals surface area (Å²) in [5, 5.41) is 15.8. The first kappa shape index (κ1) is 38.1. The standard InChI is InChI=1S/C23H25N5O.C3H8O.C3H8.C2H6.CH3N/c1-6-17-10-13-21(24-19(17)7-2)25-23(29)26-22-14-20(15(3)4)27-28(22)18-11-8-16(5)9-12-18;1-3-4-2;1-3-2;2*1-2/h6-15H,1-2H2,3-5H3,(H2,24,25,26,29);3H2,1-2H3;3H2,1-2H3;1-2H3;2H,1H2. The monoisotopic (exact) mass is 550 g/mol. The molecule has 0 radical (unpaired) electrons. The van der Waals surface area contributed by atoms with Gasteiger partial charge in [0, 0.05) is 19.8 Å². The molecule has 8 heteroatoms. The molecule has 0 saturated heterocycles. The summed E-state index contributed by atoms with van der Waals surface area (Å²) >= 11 is 0. The molecule has 3 N–H and O–H groups in total. The third-order valence-corrected chi connectivity index (χ3v) is 4.74. The SMILES string of the molecule is C=Cc1ccc(NC(=O)Nc2cc(C(C)C)nn2-c2ccc(C)cc2)nc1C=C.C=N.CC.CCC.CCOC. The number of urea groups is 1. The second-order valence-corrected chi connectivity index (χ2v) is 8.30. The highest BCUT2D eigenvalue weighted by Gasteiger charge is 2.15. The van der Waals surface area contributed by atoms with Crippen molar-refractivity contribution in [2.24, 2.45) is 0 Å². The predicted octanol–water partition coefficient (Wildman–Crippen LogP) is 8.99. The minimum atomic E-state index is -0.401. The van der Waals surface area contributed by atoms with Crippen molar-refractivity contribution in [3.63, 3.8) is 0 Å². The first-order valence-corrected chi connectivity index (χ1v) is 13.6. The van der Waals surface area contributed by atoms with Gasteiger partial charge in [0.1, 0.15) is 11.6 Å². The van der Waals surface area contributed by atoms with Crippen molar-refractivity contribution in [3.8, 4) is 5.69 Å². The summed E-state index contributed by atoms with van der Waals surface area (Å²) in [6, 6.07) is 13.0. The fourth-order valence-electron chi connectivity index (χ4n) is 2.81. The first-order chi connectivity index (χ1) is 19.2. The Morgan fingerprint density at radius 3 is 2.02 bits per heavy atom. The lowest BCUT2D eigenvalue weighted by molar-refractivity contribution is 0.215. The van der Waals surface area contributed by atoms with Crippen molar-refractivity contribution >= 4 is 36.5 Å². The molecule has 3 rings (SSSR count). The van der Waals surface area contributed by atoms with Crippen molar-refractivity contribution in [1.29, 1.82) is 5.41 Å². The van der Waals surface area contributed by atoms with Crippen LogP contribution >= 0.6 is 0 Å². The molecule has 3 aromatic rings. The molecule has 1 aromatic carbocycles. The number of hydrogen-bond donors (Lipinski definition) is 3. The van der Waals surface area contributed by atoms with E-state index in [9.17, 15) is 4.79 Å². The van der Waals surface area contributed by atoms with Crippen molar-refractivity contribution < 1.29 is 9.53 Å². The highest BCUT2D eigenvalue weighted by molar-refractivity contribution is 5.99. The maximum Gasteiger partial charge on any atom is 0.326 e. The van der Waals surface area contributed by atoms with E-state index in [0.717, 1.165) is 29.1 Å². The van der Waals surface area contributed by atoms with E-state index in [2.05, 4.69) is 73.0 Å². The molecule has 0 spiro atoms. The molecule has 2 aromatic heterocycles. The van der Waals surface area contributed by atoms with E-state index in [4.69, 9.17) is 5.41 Å². The number of carbonyl (C=O) groups is 1. The Bertz CT molecular complexity index is 1120. The fraction of sp³-hybridized carbons (Fsp3) is 0.375. The Morgan fingerprint density at radius 1 is 1.02 bits per heavy atom. The number of pyridine rings is 1. The summed E-state index contributed by atoms with van der Waals surface area (Å²) in [5.41, 5.74) is 4.43. The molecule has 2 heterocycles. The summed E-state index contributed by atoms with van der Waals surface area (Å²) in [5.74, 6) is 1.24. The number of benzene rings is 1. The third kappa shape index (κ3) is 13.7. The van der Waals surface area contributed by atoms with Crippen LogP contribution in [0.3, 0.4) is 0 Å². The van der Waals surface area contributed by atoms with Crippen molar-refractivity contribution in [1.82, 2.24) is 14.8 Å². The van der Waals surface area contributed by atoms with Crippen molar-refractivity contribution in [2.45, 2.75) is 67.7 Å². The highest BCUT2D eigenvalue weighted by Crippen LogP contribution is 2.23. The summed E-state index contributed by atoms with van der Waals surface area (Å²) < 4.78 is 6.28. The second kappa shape index (κ2) is 22.9. The smallest absolute Gasteiger partial charge is 0.326 e. The van der Waals surface area contributed by atoms with Crippen molar-refractivity contribution in [3.05, 3.63) is 78.1 Å². The molecule has 0 fully saturated rings. The van der Waals surface area contributed by atoms with Gasteiger partial charge in [-0.3, -0.25) is 10.6 Å². The van der Waals surface area contributed by atoms with E-state index in [1.54, 1.807) is 30.0 Å². The summed E-state index contributed by atoms with van der Waals surface area (Å²) in [7, 11) is 1.68. The third-order valence-electron chi connectivity index (χ3n) is 4.74. The zero-order valence-electron chi connectivity index (χ0n) is 26.0. The molecule has 0 aliphatic carbocycles. The van der Waals surface area contributed by atoms with Crippen LogP contribution in [0.4, 0.5) is 16.4 Å². The Morgan fingerprint density at radius 2 is 1.57 bits per heavy atom. The minimum absolute atomic E-state index is 0.230. The molecule has 0 atom stereocenters. The van der Waals surface area contributed by atoms with Gasteiger partial charge in [-0.05, 0) is 62.4 Å². The molecule has 8 nitrogen and oxygen atoms in total. The van der Waals surface area contributed by atoms with Crippen LogP contribution in [0.25, 0.3) is 17.8 Å². The molecule has 40 heavy (non-hydrogen) atoms. The van der Waals surface area contributed by atoms with Gasteiger partial charge in [0.2, 0.25) is 0 Å². The lowest BCUT2D eigenvalue weighted by Crippen LogP contribution is -2.22. The average molecular weight is 551 g/mol. The highest BCUT2D eigenvalue weighted by atomic mass is 16.5. The predicted molar refractivity (Wildman–Crippen MR) is 174 cm³/mol. The van der Waals surface area contributed by atoms with Gasteiger partial charge >= 0.3 is 6.03 Å². The number of hydrogen-bond acceptors (Lipinski definition) is 5. The average Bonchev–Trinajstić information content (AvgIpc) is 3.40. The van der Waals surface area contributed by atoms with Gasteiger partial charge in [-0.1, -0.05) is 84.9 Å². The molecule has 0 aliphatic rings. The van der Waals surface area contributed by atoms with Crippen LogP contribution in [-0.4, -0.2) is 41.2 Å². The van der Waals surface area contributed by atoms with E-state index in [1.807, 2.05) is 64.1 Å². The van der Waals surface area contributed by atoms with Crippen LogP contribution in [0.2, 0.25) is 0 Å². The lowest BCUT2D eigenvalue weighted by atomic mass is 10.1. The number of methoxy groups -OCH3 is 1. The number of aromatic nitrogens is 3. The second-order valence-electron chi connectivity index (χ2n) is 8.30. The normalized spacial score (nSPS) is 9.15. The molecule has 0 unspecified atom stereocenters. The minimum Gasteiger partial charge on any atom is -0.385 e. The van der Waals surface area contributed by atoms with Crippen LogP contribution < -0.4 is 10.6 Å². The maximum atomic E-state index is 12.6. The fourth-order valence-corrected chi connectivity index (χ4v) is 2.81. The quantitative estimate of drug-likeness (QED) is 0.255. The van der Waals surface area contributed by atoms with E-state index in [-0.39, 0.29) is 5.92 Å². The van der Waals surface area contributed by atoms with E-state index in [1.165, 1.54) is 6.42 Å². The van der Waals surface area contributed by atoms with Crippen LogP contribution in [0.1, 0.15) is 83.3 Å². The summed E-state index contributed by atoms with van der Waals surface area (Å²) in [6.45, 7) is 27.2. The van der Waals surface area contributed by atoms with Crippen LogP contribution in [-0.2, 0) is 4.74 Å². The Labute approximate surface area is 242 Å². The number of aryl methyl sites for hydroxylation is 1. The van der Waals surface area contributed by atoms with E-state index < -0.39 is 6.03 Å². The number of carbonyl (C=O) groups excluding carboxylic acids is 1. The molecule has 0 saturated carbocycles. The van der Waals surface area contributed by atoms with Gasteiger partial charge in [0.15, 0.2) is 0 Å². The molecular weight excluding hydrogens is 500 g/mol. The van der Waals surface area contributed by atoms with Gasteiger partial charge in [0.05, 0.1) is 17.1 Å². The number of anilines is 2. The maximum absolute atomic E-state index is 12.6. The first-order valence-electron chi connectivity index (χ1n) is 13.6. The molecule has 220 valence electrons. The van der Waals surface area contributed by atoms with Gasteiger partial charge in [-0.2, -0.15) is 5.10 Å². The van der Waals surface area contributed by atoms with Gasteiger partial charge < -0.3 is 10.1 Å². The zero-order valence-corrected chi connectivity index (χ0v) is 26.0. The number of ether oxygens (including phenoxy) is 1. The van der Waals surface area contributed by atoms with Gasteiger partial charge in [0.25, 0.3) is 0 Å². The van der Waals surface area contributed by atoms with Crippen LogP contribution in [0, 0.1) is 12.3 Å². The zero-order chi connectivity index (χ0) is 31.1. The number of amides is 2. The number of nitrogens with one attached hydrogen (secondary N) is 3. The number of nitrogens with zero attached hydrogens (tertiary/aromatic N) is 3. The summed E-state index contributed by atoms with van der Waals surface area (Å²) in [6.07, 6.45) is 4.57. The Hall–Kier alpha value is -4.04. The Kier molecular flexibility index (Phi) is 21.8. The van der Waals surface area contributed by atoms with E-state index >= 15 is 0 Å². The Balaban J connectivity index is 0. The van der Waals surface area contributed by atoms with Crippen LogP contribution in [0.15, 0.2) is 55.6 Å². The van der Waals surface area contributed by atoms with Gasteiger partial charge in [-0.15, -0.1) is 0 Å². The largest absolute Gasteiger partial charge is 0.385 e. The van der Waals surface area contributed by atoms with Gasteiger partial charge in [-0.25, -0.2) is 14.5 Å². The molecule has 0 aliphatic heterocycles. The number of rotatable bonds is 7. The summed E-state index contributed by atoms with van der Waals surface area (Å²) in [4.78, 5) is 17.0. The lowest BCUT2D eigenvalue weighted by Gasteiger charge is -2.11. The van der Waals surface area contributed by atoms with E-state index in [0.29, 0.717) is 17.3 Å². The molecular formula is C32H50N6O2. The van der Waals surface area contributed by atoms with Crippen molar-refractivity contribution in [2.75, 3.05) is 24.4 Å².